The number of hydrogen-bond donors (Lipinski definition) is 4. The molecule has 1 atom stereocenters. The molecule has 1 unspecified atom stereocenters. The summed E-state index contributed by atoms with van der Waals surface area (Å²) >= 11 is 1.52. The maximum Gasteiger partial charge on any atom is 0.321 e. The molecule has 126 valence electrons. The van der Waals surface area contributed by atoms with E-state index in [-0.39, 0.29) is 6.54 Å². The fourth-order valence-corrected chi connectivity index (χ4v) is 2.44. The van der Waals surface area contributed by atoms with Crippen LogP contribution in [0.1, 0.15) is 46.7 Å². The van der Waals surface area contributed by atoms with Gasteiger partial charge in [-0.1, -0.05) is 19.3 Å². The molecule has 1 saturated carbocycles. The van der Waals surface area contributed by atoms with Gasteiger partial charge in [0.05, 0.1) is 4.88 Å². The van der Waals surface area contributed by atoms with E-state index in [9.17, 15) is 9.59 Å². The van der Waals surface area contributed by atoms with Crippen molar-refractivity contribution in [3.05, 3.63) is 21.9 Å². The molecule has 0 saturated heterocycles. The van der Waals surface area contributed by atoms with Gasteiger partial charge in [-0.05, 0) is 31.9 Å². The van der Waals surface area contributed by atoms with E-state index in [1.54, 1.807) is 0 Å². The Kier molecular flexibility index (Phi) is 11.6. The summed E-state index contributed by atoms with van der Waals surface area (Å²) in [6.45, 7) is 1.98. The van der Waals surface area contributed by atoms with Gasteiger partial charge in [0.15, 0.2) is 6.29 Å². The summed E-state index contributed by atoms with van der Waals surface area (Å²) in [4.78, 5) is 21.8. The normalized spacial score (nSPS) is 15.6. The van der Waals surface area contributed by atoms with Gasteiger partial charge in [-0.15, -0.1) is 11.3 Å². The molecule has 7 N–H and O–H groups in total. The Morgan fingerprint density at radius 1 is 1.41 bits per heavy atom. The number of carbonyl (C=O) groups is 2. The lowest BCUT2D eigenvalue weighted by molar-refractivity contribution is -0.138. The lowest BCUT2D eigenvalue weighted by atomic mass is 9.97. The molecular weight excluding hydrogens is 302 g/mol. The zero-order valence-electron chi connectivity index (χ0n) is 13.0. The van der Waals surface area contributed by atoms with Crippen molar-refractivity contribution in [3.8, 4) is 0 Å². The minimum Gasteiger partial charge on any atom is -0.480 e. The van der Waals surface area contributed by atoms with E-state index in [4.69, 9.17) is 22.3 Å². The van der Waals surface area contributed by atoms with Gasteiger partial charge in [0.2, 0.25) is 0 Å². The predicted molar refractivity (Wildman–Crippen MR) is 90.2 cm³/mol. The lowest BCUT2D eigenvalue weighted by Crippen LogP contribution is -2.37. The van der Waals surface area contributed by atoms with E-state index in [1.165, 1.54) is 48.3 Å². The first kappa shape index (κ1) is 20.7. The molecule has 1 fully saturated rings. The van der Waals surface area contributed by atoms with E-state index in [0.717, 1.165) is 11.2 Å². The van der Waals surface area contributed by atoms with Crippen LogP contribution in [-0.2, 0) is 4.79 Å². The molecule has 1 aliphatic rings. The fraction of sp³-hybridized carbons (Fsp3) is 0.600. The van der Waals surface area contributed by atoms with Gasteiger partial charge < -0.3 is 22.3 Å². The number of aliphatic carboxylic acids is 1. The number of thiophene rings is 1. The third-order valence-corrected chi connectivity index (χ3v) is 4.02. The molecule has 0 bridgehead atoms. The summed E-state index contributed by atoms with van der Waals surface area (Å²) in [6, 6.07) is 3.40. The Bertz CT molecular complexity index is 431. The van der Waals surface area contributed by atoms with Gasteiger partial charge in [-0.25, -0.2) is 0 Å². The highest BCUT2D eigenvalue weighted by Crippen LogP contribution is 2.14. The number of carboxylic acids is 1. The molecule has 0 radical (unpaired) electrons. The Hall–Kier alpha value is -1.28. The van der Waals surface area contributed by atoms with Crippen LogP contribution < -0.4 is 17.2 Å². The number of aldehydes is 1. The van der Waals surface area contributed by atoms with Crippen molar-refractivity contribution in [2.24, 2.45) is 17.2 Å². The SMILES string of the molecule is Cc1ccc(C=O)s1.NC1CCCCC1.NCC(N)C(=O)O. The Labute approximate surface area is 135 Å². The van der Waals surface area contributed by atoms with Crippen molar-refractivity contribution >= 4 is 23.6 Å². The molecule has 2 rings (SSSR count). The summed E-state index contributed by atoms with van der Waals surface area (Å²) in [5, 5.41) is 7.98. The van der Waals surface area contributed by atoms with Gasteiger partial charge in [-0.2, -0.15) is 0 Å². The van der Waals surface area contributed by atoms with E-state index in [2.05, 4.69) is 0 Å². The third kappa shape index (κ3) is 10.4. The number of aryl methyl sites for hydroxylation is 1. The van der Waals surface area contributed by atoms with Crippen LogP contribution in [0.4, 0.5) is 0 Å². The van der Waals surface area contributed by atoms with Crippen LogP contribution in [0, 0.1) is 6.92 Å². The lowest BCUT2D eigenvalue weighted by Gasteiger charge is -2.15. The van der Waals surface area contributed by atoms with Crippen LogP contribution in [0.2, 0.25) is 0 Å². The van der Waals surface area contributed by atoms with Crippen molar-refractivity contribution in [1.82, 2.24) is 0 Å². The first-order chi connectivity index (χ1) is 10.4. The first-order valence-electron chi connectivity index (χ1n) is 7.36. The fourth-order valence-electron chi connectivity index (χ4n) is 1.75. The van der Waals surface area contributed by atoms with E-state index < -0.39 is 12.0 Å². The highest BCUT2D eigenvalue weighted by Gasteiger charge is 2.06. The third-order valence-electron chi connectivity index (χ3n) is 3.10. The van der Waals surface area contributed by atoms with Gasteiger partial charge >= 0.3 is 5.97 Å². The average molecular weight is 329 g/mol. The molecule has 1 aliphatic carbocycles. The van der Waals surface area contributed by atoms with Crippen LogP contribution >= 0.6 is 11.3 Å². The molecule has 0 aliphatic heterocycles. The van der Waals surface area contributed by atoms with Crippen LogP contribution in [0.3, 0.4) is 0 Å². The maximum absolute atomic E-state index is 10.0. The second kappa shape index (κ2) is 12.3. The van der Waals surface area contributed by atoms with Gasteiger partial charge in [0, 0.05) is 17.5 Å². The number of rotatable bonds is 3. The number of carbonyl (C=O) groups excluding carboxylic acids is 1. The average Bonchev–Trinajstić information content (AvgIpc) is 2.94. The predicted octanol–water partition coefficient (Wildman–Crippen LogP) is 1.50. The first-order valence-corrected chi connectivity index (χ1v) is 8.18. The Morgan fingerprint density at radius 2 is 2.00 bits per heavy atom. The molecule has 0 aromatic carbocycles. The zero-order valence-corrected chi connectivity index (χ0v) is 13.8. The maximum atomic E-state index is 10.0. The van der Waals surface area contributed by atoms with Gasteiger partial charge in [0.1, 0.15) is 6.04 Å². The van der Waals surface area contributed by atoms with Crippen molar-refractivity contribution in [2.45, 2.75) is 51.1 Å². The summed E-state index contributed by atoms with van der Waals surface area (Å²) in [7, 11) is 0. The second-order valence-corrected chi connectivity index (χ2v) is 6.46. The van der Waals surface area contributed by atoms with Gasteiger partial charge in [0.25, 0.3) is 0 Å². The monoisotopic (exact) mass is 329 g/mol. The van der Waals surface area contributed by atoms with Gasteiger partial charge in [-0.3, -0.25) is 9.59 Å². The number of hydrogen-bond acceptors (Lipinski definition) is 6. The summed E-state index contributed by atoms with van der Waals surface area (Å²) in [5.41, 5.74) is 15.4. The highest BCUT2D eigenvalue weighted by atomic mass is 32.1. The second-order valence-electron chi connectivity index (χ2n) is 5.14. The molecule has 7 heteroatoms. The topological polar surface area (TPSA) is 132 Å². The highest BCUT2D eigenvalue weighted by molar-refractivity contribution is 7.13. The van der Waals surface area contributed by atoms with Crippen LogP contribution in [0.25, 0.3) is 0 Å². The number of carboxylic acid groups (broad SMARTS) is 1. The van der Waals surface area contributed by atoms with E-state index in [0.29, 0.717) is 6.04 Å². The minimum atomic E-state index is -1.05. The van der Waals surface area contributed by atoms with Crippen LogP contribution in [0.5, 0.6) is 0 Å². The summed E-state index contributed by atoms with van der Waals surface area (Å²) in [6.07, 6.45) is 7.54. The zero-order chi connectivity index (χ0) is 17.0. The number of nitrogens with two attached hydrogens (primary N) is 3. The van der Waals surface area contributed by atoms with E-state index >= 15 is 0 Å². The summed E-state index contributed by atoms with van der Waals surface area (Å²) in [5.74, 6) is -1.05. The van der Waals surface area contributed by atoms with E-state index in [1.807, 2.05) is 19.1 Å². The molecule has 1 aromatic heterocycles. The van der Waals surface area contributed by atoms with Crippen molar-refractivity contribution in [1.29, 1.82) is 0 Å². The molecule has 22 heavy (non-hydrogen) atoms. The molecule has 0 amide bonds. The van der Waals surface area contributed by atoms with Crippen molar-refractivity contribution in [2.75, 3.05) is 6.54 Å². The molecule has 0 spiro atoms. The standard InChI is InChI=1S/C6H13N.C6H6OS.C3H8N2O2/c7-6-4-2-1-3-5-6;1-5-2-3-6(4-7)8-5;4-1-2(5)3(6)7/h6H,1-5,7H2;2-4H,1H3;2H,1,4-5H2,(H,6,7). The van der Waals surface area contributed by atoms with Crippen LogP contribution in [0.15, 0.2) is 12.1 Å². The molecular formula is C15H27N3O3S. The Balaban J connectivity index is 0.000000302. The smallest absolute Gasteiger partial charge is 0.321 e. The largest absolute Gasteiger partial charge is 0.480 e. The van der Waals surface area contributed by atoms with Crippen molar-refractivity contribution < 1.29 is 14.7 Å². The molecule has 1 aromatic rings. The minimum absolute atomic E-state index is 0.00463. The Morgan fingerprint density at radius 3 is 2.18 bits per heavy atom. The quantitative estimate of drug-likeness (QED) is 0.621. The van der Waals surface area contributed by atoms with Crippen molar-refractivity contribution in [3.63, 3.8) is 0 Å². The molecule has 1 heterocycles. The summed E-state index contributed by atoms with van der Waals surface area (Å²) < 4.78 is 0. The molecule has 6 nitrogen and oxygen atoms in total. The van der Waals surface area contributed by atoms with Crippen LogP contribution in [-0.4, -0.2) is 36.0 Å².